The lowest BCUT2D eigenvalue weighted by atomic mass is 9.72. The van der Waals surface area contributed by atoms with E-state index in [4.69, 9.17) is 4.74 Å². The van der Waals surface area contributed by atoms with Crippen LogP contribution in [0.5, 0.6) is 0 Å². The van der Waals surface area contributed by atoms with E-state index in [0.717, 1.165) is 25.3 Å². The number of amides is 2. The monoisotopic (exact) mass is 322 g/mol. The van der Waals surface area contributed by atoms with Crippen molar-refractivity contribution in [1.82, 2.24) is 9.80 Å². The van der Waals surface area contributed by atoms with E-state index in [1.807, 2.05) is 4.90 Å². The second-order valence-corrected chi connectivity index (χ2v) is 7.36. The van der Waals surface area contributed by atoms with E-state index in [2.05, 4.69) is 11.8 Å². The summed E-state index contributed by atoms with van der Waals surface area (Å²) in [4.78, 5) is 28.8. The Labute approximate surface area is 139 Å². The summed E-state index contributed by atoms with van der Waals surface area (Å²) in [5.41, 5.74) is 0. The molecule has 2 amide bonds. The number of hydrogen-bond donors (Lipinski definition) is 0. The number of rotatable bonds is 3. The van der Waals surface area contributed by atoms with E-state index >= 15 is 0 Å². The summed E-state index contributed by atoms with van der Waals surface area (Å²) < 4.78 is 5.27. The maximum Gasteiger partial charge on any atom is 0.223 e. The molecule has 0 radical (unpaired) electrons. The molecule has 3 rings (SSSR count). The fraction of sp³-hybridized carbons (Fsp3) is 0.889. The predicted molar refractivity (Wildman–Crippen MR) is 87.9 cm³/mol. The lowest BCUT2D eigenvalue weighted by Crippen LogP contribution is -2.52. The Morgan fingerprint density at radius 1 is 0.957 bits per heavy atom. The molecule has 5 nitrogen and oxygen atoms in total. The van der Waals surface area contributed by atoms with Crippen LogP contribution in [0.15, 0.2) is 0 Å². The van der Waals surface area contributed by atoms with Crippen molar-refractivity contribution in [3.05, 3.63) is 0 Å². The van der Waals surface area contributed by atoms with Gasteiger partial charge in [-0.2, -0.15) is 0 Å². The third kappa shape index (κ3) is 3.87. The first-order valence-corrected chi connectivity index (χ1v) is 9.32. The SMILES string of the molecule is C[C@@H]1CCN(C(=O)CCC(=O)N2CCOCC2)[C@H]2CCCC[C@@H]12. The number of hydrogen-bond acceptors (Lipinski definition) is 3. The first-order chi connectivity index (χ1) is 11.2. The number of morpholine rings is 1. The Bertz CT molecular complexity index is 434. The maximum absolute atomic E-state index is 12.7. The Balaban J connectivity index is 1.52. The highest BCUT2D eigenvalue weighted by Gasteiger charge is 2.39. The minimum Gasteiger partial charge on any atom is -0.378 e. The summed E-state index contributed by atoms with van der Waals surface area (Å²) in [6.07, 6.45) is 6.80. The van der Waals surface area contributed by atoms with Gasteiger partial charge in [0, 0.05) is 38.5 Å². The van der Waals surface area contributed by atoms with Crippen LogP contribution in [-0.2, 0) is 14.3 Å². The molecule has 2 aliphatic heterocycles. The number of ether oxygens (including phenoxy) is 1. The van der Waals surface area contributed by atoms with Crippen LogP contribution in [0.2, 0.25) is 0 Å². The molecule has 0 spiro atoms. The molecule has 0 aromatic heterocycles. The van der Waals surface area contributed by atoms with Crippen molar-refractivity contribution in [2.45, 2.75) is 57.9 Å². The van der Waals surface area contributed by atoms with Crippen molar-refractivity contribution < 1.29 is 14.3 Å². The van der Waals surface area contributed by atoms with Gasteiger partial charge in [0.15, 0.2) is 0 Å². The van der Waals surface area contributed by atoms with Gasteiger partial charge in [-0.25, -0.2) is 0 Å². The Morgan fingerprint density at radius 2 is 1.65 bits per heavy atom. The van der Waals surface area contributed by atoms with Crippen LogP contribution in [0.1, 0.15) is 51.9 Å². The highest BCUT2D eigenvalue weighted by atomic mass is 16.5. The van der Waals surface area contributed by atoms with Crippen LogP contribution in [-0.4, -0.2) is 60.5 Å². The van der Waals surface area contributed by atoms with E-state index in [-0.39, 0.29) is 11.8 Å². The fourth-order valence-electron chi connectivity index (χ4n) is 4.55. The highest BCUT2D eigenvalue weighted by molar-refractivity contribution is 5.84. The molecule has 1 saturated carbocycles. The molecule has 23 heavy (non-hydrogen) atoms. The van der Waals surface area contributed by atoms with Crippen molar-refractivity contribution in [2.24, 2.45) is 11.8 Å². The van der Waals surface area contributed by atoms with Crippen LogP contribution in [0.3, 0.4) is 0 Å². The average molecular weight is 322 g/mol. The third-order valence-corrected chi connectivity index (χ3v) is 5.98. The van der Waals surface area contributed by atoms with Gasteiger partial charge >= 0.3 is 0 Å². The van der Waals surface area contributed by atoms with Crippen LogP contribution in [0.25, 0.3) is 0 Å². The number of carbonyl (C=O) groups is 2. The van der Waals surface area contributed by atoms with Crippen LogP contribution in [0.4, 0.5) is 0 Å². The van der Waals surface area contributed by atoms with Crippen LogP contribution in [0, 0.1) is 11.8 Å². The molecule has 0 aromatic rings. The zero-order valence-corrected chi connectivity index (χ0v) is 14.3. The quantitative estimate of drug-likeness (QED) is 0.799. The molecule has 3 atom stereocenters. The largest absolute Gasteiger partial charge is 0.378 e. The minimum absolute atomic E-state index is 0.104. The molecule has 0 bridgehead atoms. The normalized spacial score (nSPS) is 31.6. The molecular formula is C18H30N2O3. The van der Waals surface area contributed by atoms with Crippen molar-refractivity contribution in [2.75, 3.05) is 32.8 Å². The van der Waals surface area contributed by atoms with Gasteiger partial charge in [-0.1, -0.05) is 19.8 Å². The molecule has 3 aliphatic rings. The smallest absolute Gasteiger partial charge is 0.223 e. The molecule has 0 aromatic carbocycles. The van der Waals surface area contributed by atoms with Crippen LogP contribution >= 0.6 is 0 Å². The molecule has 2 saturated heterocycles. The van der Waals surface area contributed by atoms with Crippen molar-refractivity contribution in [3.63, 3.8) is 0 Å². The second-order valence-electron chi connectivity index (χ2n) is 7.36. The summed E-state index contributed by atoms with van der Waals surface area (Å²) >= 11 is 0. The molecule has 5 heteroatoms. The second kappa shape index (κ2) is 7.65. The number of carbonyl (C=O) groups excluding carboxylic acids is 2. The fourth-order valence-corrected chi connectivity index (χ4v) is 4.55. The van der Waals surface area contributed by atoms with E-state index in [1.54, 1.807) is 0 Å². The summed E-state index contributed by atoms with van der Waals surface area (Å²) in [5.74, 6) is 1.71. The highest BCUT2D eigenvalue weighted by Crippen LogP contribution is 2.39. The lowest BCUT2D eigenvalue weighted by molar-refractivity contribution is -0.143. The molecule has 0 N–H and O–H groups in total. The van der Waals surface area contributed by atoms with Gasteiger partial charge in [0.25, 0.3) is 0 Å². The number of fused-ring (bicyclic) bond motifs is 1. The van der Waals surface area contributed by atoms with E-state index in [0.29, 0.717) is 51.1 Å². The Kier molecular flexibility index (Phi) is 5.57. The van der Waals surface area contributed by atoms with Gasteiger partial charge in [-0.05, 0) is 31.1 Å². The third-order valence-electron chi connectivity index (χ3n) is 5.98. The van der Waals surface area contributed by atoms with Crippen molar-refractivity contribution in [3.8, 4) is 0 Å². The molecular weight excluding hydrogens is 292 g/mol. The summed E-state index contributed by atoms with van der Waals surface area (Å²) in [6, 6.07) is 0.429. The van der Waals surface area contributed by atoms with E-state index in [9.17, 15) is 9.59 Å². The standard InChI is InChI=1S/C18H30N2O3/c1-14-8-9-20(16-5-3-2-4-15(14)16)18(22)7-6-17(21)19-10-12-23-13-11-19/h14-16H,2-13H2,1H3/t14-,15+,16+/m1/s1. The summed E-state index contributed by atoms with van der Waals surface area (Å²) in [6.45, 7) is 5.79. The molecule has 1 aliphatic carbocycles. The van der Waals surface area contributed by atoms with E-state index in [1.165, 1.54) is 19.3 Å². The zero-order chi connectivity index (χ0) is 16.2. The molecule has 0 unspecified atom stereocenters. The number of nitrogens with zero attached hydrogens (tertiary/aromatic N) is 2. The van der Waals surface area contributed by atoms with Gasteiger partial charge in [0.05, 0.1) is 13.2 Å². The topological polar surface area (TPSA) is 49.9 Å². The summed E-state index contributed by atoms with van der Waals surface area (Å²) in [7, 11) is 0. The predicted octanol–water partition coefficient (Wildman–Crippen LogP) is 2.05. The van der Waals surface area contributed by atoms with Gasteiger partial charge < -0.3 is 14.5 Å². The summed E-state index contributed by atoms with van der Waals surface area (Å²) in [5, 5.41) is 0. The minimum atomic E-state index is 0.104. The van der Waals surface area contributed by atoms with Crippen molar-refractivity contribution in [1.29, 1.82) is 0 Å². The van der Waals surface area contributed by atoms with Gasteiger partial charge in [-0.3, -0.25) is 9.59 Å². The Morgan fingerprint density at radius 3 is 2.43 bits per heavy atom. The van der Waals surface area contributed by atoms with Gasteiger partial charge in [-0.15, -0.1) is 0 Å². The van der Waals surface area contributed by atoms with E-state index < -0.39 is 0 Å². The molecule has 2 heterocycles. The number of piperidine rings is 1. The van der Waals surface area contributed by atoms with Gasteiger partial charge in [0.2, 0.25) is 11.8 Å². The average Bonchev–Trinajstić information content (AvgIpc) is 2.60. The molecule has 130 valence electrons. The van der Waals surface area contributed by atoms with Crippen LogP contribution < -0.4 is 0 Å². The lowest BCUT2D eigenvalue weighted by Gasteiger charge is -2.47. The zero-order valence-electron chi connectivity index (χ0n) is 14.3. The van der Waals surface area contributed by atoms with Crippen molar-refractivity contribution >= 4 is 11.8 Å². The number of likely N-dealkylation sites (tertiary alicyclic amines) is 1. The van der Waals surface area contributed by atoms with Gasteiger partial charge in [0.1, 0.15) is 0 Å². The Hall–Kier alpha value is -1.10. The molecule has 3 fully saturated rings. The first-order valence-electron chi connectivity index (χ1n) is 9.32. The first kappa shape index (κ1) is 16.7. The maximum atomic E-state index is 12.7.